The monoisotopic (exact) mass is 343 g/mol. The van der Waals surface area contributed by atoms with Crippen LogP contribution in [0, 0.1) is 0 Å². The first-order valence-electron chi connectivity index (χ1n) is 6.20. The number of hydrogen-bond donors (Lipinski definition) is 0. The summed E-state index contributed by atoms with van der Waals surface area (Å²) in [7, 11) is 4.18. The van der Waals surface area contributed by atoms with Gasteiger partial charge in [-0.05, 0) is 0 Å². The molecule has 5 heteroatoms. The Morgan fingerprint density at radius 3 is 2.58 bits per heavy atom. The third-order valence-electron chi connectivity index (χ3n) is 2.77. The van der Waals surface area contributed by atoms with Gasteiger partial charge in [-0.15, -0.1) is 0 Å². The molecule has 0 unspecified atom stereocenters. The van der Waals surface area contributed by atoms with Crippen molar-refractivity contribution in [3.8, 4) is 0 Å². The van der Waals surface area contributed by atoms with Crippen molar-refractivity contribution in [3.63, 3.8) is 0 Å². The van der Waals surface area contributed by atoms with Crippen LogP contribution in [0.2, 0.25) is 3.90 Å². The van der Waals surface area contributed by atoms with Gasteiger partial charge >= 0.3 is 125 Å². The van der Waals surface area contributed by atoms with Crippen LogP contribution in [0.25, 0.3) is 0 Å². The van der Waals surface area contributed by atoms with E-state index in [-0.39, 0.29) is 0 Å². The standard InChI is InChI=1S/C14H18ClN3Se/c1-17(2)9-10-18(14-5-3-4-8-16-14)11-12-6-7-13(15)19-12/h3-8H,9-11H2,1-2H3. The third kappa shape index (κ3) is 4.66. The number of hydrogen-bond acceptors (Lipinski definition) is 3. The molecule has 0 N–H and O–H groups in total. The molecule has 0 radical (unpaired) electrons. The van der Waals surface area contributed by atoms with E-state index < -0.39 is 0 Å². The Bertz CT molecular complexity index is 498. The third-order valence-corrected chi connectivity index (χ3v) is 5.09. The van der Waals surface area contributed by atoms with E-state index in [1.807, 2.05) is 24.4 Å². The average molecular weight is 343 g/mol. The van der Waals surface area contributed by atoms with Gasteiger partial charge in [0, 0.05) is 0 Å². The fourth-order valence-corrected chi connectivity index (χ4v) is 3.90. The van der Waals surface area contributed by atoms with E-state index in [2.05, 4.69) is 41.0 Å². The number of rotatable bonds is 6. The molecule has 0 saturated heterocycles. The summed E-state index contributed by atoms with van der Waals surface area (Å²) in [5, 5.41) is 0. The van der Waals surface area contributed by atoms with Gasteiger partial charge in [-0.25, -0.2) is 0 Å². The Hall–Kier alpha value is -0.801. The zero-order valence-electron chi connectivity index (χ0n) is 11.2. The number of aromatic nitrogens is 1. The molecule has 2 heterocycles. The SMILES string of the molecule is CN(C)CCN(Cc1ccc(Cl)[se]1)c1ccccn1. The van der Waals surface area contributed by atoms with Gasteiger partial charge in [-0.1, -0.05) is 0 Å². The van der Waals surface area contributed by atoms with Gasteiger partial charge in [0.05, 0.1) is 0 Å². The summed E-state index contributed by atoms with van der Waals surface area (Å²) in [6.45, 7) is 2.89. The van der Waals surface area contributed by atoms with Gasteiger partial charge in [0.2, 0.25) is 0 Å². The summed E-state index contributed by atoms with van der Waals surface area (Å²) in [5.74, 6) is 1.03. The molecule has 2 rings (SSSR count). The van der Waals surface area contributed by atoms with Crippen LogP contribution >= 0.6 is 11.6 Å². The van der Waals surface area contributed by atoms with Gasteiger partial charge in [0.1, 0.15) is 0 Å². The van der Waals surface area contributed by atoms with E-state index in [1.54, 1.807) is 0 Å². The maximum absolute atomic E-state index is 6.06. The Kier molecular flexibility index (Phi) is 5.46. The molecule has 0 aromatic carbocycles. The Morgan fingerprint density at radius 1 is 1.16 bits per heavy atom. The summed E-state index contributed by atoms with van der Waals surface area (Å²) in [6, 6.07) is 10.2. The van der Waals surface area contributed by atoms with Crippen LogP contribution in [0.5, 0.6) is 0 Å². The minimum absolute atomic E-state index is 0.298. The van der Waals surface area contributed by atoms with Crippen molar-refractivity contribution in [2.24, 2.45) is 0 Å². The van der Waals surface area contributed by atoms with Crippen LogP contribution in [0.15, 0.2) is 36.5 Å². The van der Waals surface area contributed by atoms with Crippen LogP contribution in [0.3, 0.4) is 0 Å². The second kappa shape index (κ2) is 7.11. The summed E-state index contributed by atoms with van der Waals surface area (Å²) >= 11 is 6.36. The summed E-state index contributed by atoms with van der Waals surface area (Å²) in [5.41, 5.74) is 0. The van der Waals surface area contributed by atoms with Crippen molar-refractivity contribution in [1.29, 1.82) is 0 Å². The van der Waals surface area contributed by atoms with Crippen molar-refractivity contribution < 1.29 is 0 Å². The van der Waals surface area contributed by atoms with Crippen LogP contribution in [0.4, 0.5) is 5.82 Å². The molecule has 0 bridgehead atoms. The molecule has 0 spiro atoms. The first kappa shape index (κ1) is 14.6. The molecule has 0 fully saturated rings. The predicted octanol–water partition coefficient (Wildman–Crippen LogP) is 2.36. The van der Waals surface area contributed by atoms with Crippen molar-refractivity contribution >= 4 is 31.9 Å². The van der Waals surface area contributed by atoms with E-state index in [9.17, 15) is 0 Å². The second-order valence-corrected chi connectivity index (χ2v) is 7.99. The minimum atomic E-state index is 0.298. The van der Waals surface area contributed by atoms with E-state index in [1.165, 1.54) is 4.44 Å². The zero-order chi connectivity index (χ0) is 13.7. The van der Waals surface area contributed by atoms with Crippen LogP contribution in [-0.2, 0) is 6.54 Å². The van der Waals surface area contributed by atoms with Crippen molar-refractivity contribution in [2.45, 2.75) is 6.54 Å². The summed E-state index contributed by atoms with van der Waals surface area (Å²) in [6.07, 6.45) is 1.84. The molecule has 0 atom stereocenters. The zero-order valence-corrected chi connectivity index (χ0v) is 13.7. The predicted molar refractivity (Wildman–Crippen MR) is 82.2 cm³/mol. The fraction of sp³-hybridized carbons (Fsp3) is 0.357. The van der Waals surface area contributed by atoms with Crippen LogP contribution < -0.4 is 4.90 Å². The number of likely N-dealkylation sites (N-methyl/N-ethyl adjacent to an activating group) is 1. The van der Waals surface area contributed by atoms with E-state index in [0.29, 0.717) is 14.5 Å². The van der Waals surface area contributed by atoms with E-state index in [4.69, 9.17) is 11.6 Å². The van der Waals surface area contributed by atoms with Crippen LogP contribution in [0.1, 0.15) is 4.44 Å². The molecule has 0 aliphatic rings. The molecule has 19 heavy (non-hydrogen) atoms. The summed E-state index contributed by atoms with van der Waals surface area (Å²) < 4.78 is 2.39. The van der Waals surface area contributed by atoms with Crippen molar-refractivity contribution in [1.82, 2.24) is 9.88 Å². The molecule has 2 aromatic heterocycles. The quantitative estimate of drug-likeness (QED) is 0.751. The van der Waals surface area contributed by atoms with E-state index >= 15 is 0 Å². The Labute approximate surface area is 125 Å². The number of nitrogens with zero attached hydrogens (tertiary/aromatic N) is 3. The number of pyridine rings is 1. The Morgan fingerprint density at radius 2 is 2.00 bits per heavy atom. The molecule has 0 aliphatic carbocycles. The summed E-state index contributed by atoms with van der Waals surface area (Å²) in [4.78, 5) is 8.96. The van der Waals surface area contributed by atoms with Gasteiger partial charge in [-0.2, -0.15) is 0 Å². The normalized spacial score (nSPS) is 10.9. The second-order valence-electron chi connectivity index (χ2n) is 4.62. The molecule has 2 aromatic rings. The molecule has 0 saturated carbocycles. The first-order chi connectivity index (χ1) is 9.15. The molecular weight excluding hydrogens is 325 g/mol. The van der Waals surface area contributed by atoms with Gasteiger partial charge < -0.3 is 0 Å². The molecular formula is C14H18ClN3Se. The maximum atomic E-state index is 6.06. The van der Waals surface area contributed by atoms with Gasteiger partial charge in [-0.3, -0.25) is 0 Å². The number of anilines is 1. The average Bonchev–Trinajstić information content (AvgIpc) is 2.81. The van der Waals surface area contributed by atoms with E-state index in [0.717, 1.165) is 29.3 Å². The van der Waals surface area contributed by atoms with Crippen LogP contribution in [-0.4, -0.2) is 51.6 Å². The Balaban J connectivity index is 2.10. The first-order valence-corrected chi connectivity index (χ1v) is 8.29. The fourth-order valence-electron chi connectivity index (χ4n) is 1.76. The van der Waals surface area contributed by atoms with Crippen molar-refractivity contribution in [2.75, 3.05) is 32.1 Å². The molecule has 0 amide bonds. The molecule has 102 valence electrons. The van der Waals surface area contributed by atoms with Gasteiger partial charge in [0.15, 0.2) is 0 Å². The number of halogens is 1. The topological polar surface area (TPSA) is 19.4 Å². The molecule has 0 aliphatic heterocycles. The van der Waals surface area contributed by atoms with Crippen molar-refractivity contribution in [3.05, 3.63) is 44.9 Å². The van der Waals surface area contributed by atoms with Gasteiger partial charge in [0.25, 0.3) is 0 Å². The molecule has 3 nitrogen and oxygen atoms in total.